The number of phenolic OH excluding ortho intramolecular Hbond substituents is 1. The van der Waals surface area contributed by atoms with E-state index in [1.807, 2.05) is 0 Å². The van der Waals surface area contributed by atoms with Crippen molar-refractivity contribution >= 4 is 28.3 Å². The van der Waals surface area contributed by atoms with E-state index in [1.165, 1.54) is 23.0 Å². The number of nitrogens with two attached hydrogens (primary N) is 1. The third-order valence-corrected chi connectivity index (χ3v) is 4.71. The molecule has 3 N–H and O–H groups in total. The van der Waals surface area contributed by atoms with E-state index in [-0.39, 0.29) is 16.5 Å². The largest absolute Gasteiger partial charge is 0.504 e. The quantitative estimate of drug-likeness (QED) is 0.666. The minimum absolute atomic E-state index is 0.0521. The Bertz CT molecular complexity index is 947. The number of anilines is 1. The number of benzene rings is 2. The summed E-state index contributed by atoms with van der Waals surface area (Å²) in [6.45, 7) is 0. The molecule has 1 fully saturated rings. The van der Waals surface area contributed by atoms with Gasteiger partial charge in [0.05, 0.1) is 22.4 Å². The van der Waals surface area contributed by atoms with E-state index >= 15 is 0 Å². The SMILES string of the molecule is Nc1cc(O)c(Oc2ccc3ncn(C4(C(F)F)CC4)c3c2)c(Cl)c1. The summed E-state index contributed by atoms with van der Waals surface area (Å²) in [4.78, 5) is 4.18. The summed E-state index contributed by atoms with van der Waals surface area (Å²) < 4.78 is 34.0. The molecule has 8 heteroatoms. The molecule has 130 valence electrons. The smallest absolute Gasteiger partial charge is 0.261 e. The standard InChI is InChI=1S/C17H14ClF2N3O2/c18-11-5-9(21)6-14(24)15(11)25-10-1-2-12-13(7-10)23(8-22-12)17(3-4-17)16(19)20/h1-2,5-8,16,24H,3-4,21H2. The number of aromatic nitrogens is 2. The van der Waals surface area contributed by atoms with Gasteiger partial charge in [-0.2, -0.15) is 0 Å². The Morgan fingerprint density at radius 2 is 2.04 bits per heavy atom. The van der Waals surface area contributed by atoms with Gasteiger partial charge < -0.3 is 20.1 Å². The molecule has 0 bridgehead atoms. The Labute approximate surface area is 146 Å². The first-order valence-electron chi connectivity index (χ1n) is 7.62. The molecule has 2 aromatic carbocycles. The molecular formula is C17H14ClF2N3O2. The highest BCUT2D eigenvalue weighted by molar-refractivity contribution is 6.32. The molecule has 0 radical (unpaired) electrons. The van der Waals surface area contributed by atoms with Crippen LogP contribution in [0, 0.1) is 0 Å². The van der Waals surface area contributed by atoms with Gasteiger partial charge >= 0.3 is 0 Å². The first kappa shape index (κ1) is 16.0. The van der Waals surface area contributed by atoms with Crippen LogP contribution in [0.25, 0.3) is 11.0 Å². The first-order valence-corrected chi connectivity index (χ1v) is 8.00. The Hall–Kier alpha value is -2.54. The van der Waals surface area contributed by atoms with E-state index in [9.17, 15) is 13.9 Å². The zero-order chi connectivity index (χ0) is 17.8. The number of alkyl halides is 2. The molecule has 0 amide bonds. The number of hydrogen-bond donors (Lipinski definition) is 2. The maximum Gasteiger partial charge on any atom is 0.261 e. The Balaban J connectivity index is 1.75. The summed E-state index contributed by atoms with van der Waals surface area (Å²) in [5, 5.41) is 10.1. The predicted molar refractivity (Wildman–Crippen MR) is 90.5 cm³/mol. The van der Waals surface area contributed by atoms with Crippen molar-refractivity contribution in [3.05, 3.63) is 41.7 Å². The first-order chi connectivity index (χ1) is 11.9. The van der Waals surface area contributed by atoms with Crippen molar-refractivity contribution in [3.63, 3.8) is 0 Å². The van der Waals surface area contributed by atoms with Crippen LogP contribution in [-0.4, -0.2) is 21.1 Å². The van der Waals surface area contributed by atoms with Gasteiger partial charge in [0, 0.05) is 17.8 Å². The molecule has 1 saturated carbocycles. The monoisotopic (exact) mass is 365 g/mol. The number of fused-ring (bicyclic) bond motifs is 1. The van der Waals surface area contributed by atoms with E-state index in [4.69, 9.17) is 22.1 Å². The molecule has 5 nitrogen and oxygen atoms in total. The molecule has 1 aromatic heterocycles. The lowest BCUT2D eigenvalue weighted by Crippen LogP contribution is -2.24. The van der Waals surface area contributed by atoms with E-state index in [0.717, 1.165) is 0 Å². The van der Waals surface area contributed by atoms with Crippen molar-refractivity contribution in [2.45, 2.75) is 24.8 Å². The Morgan fingerprint density at radius 3 is 2.68 bits per heavy atom. The molecule has 3 aromatic rings. The molecule has 25 heavy (non-hydrogen) atoms. The molecule has 0 unspecified atom stereocenters. The fraction of sp³-hybridized carbons (Fsp3) is 0.235. The highest BCUT2D eigenvalue weighted by Crippen LogP contribution is 2.50. The molecule has 0 spiro atoms. The number of hydrogen-bond acceptors (Lipinski definition) is 4. The van der Waals surface area contributed by atoms with E-state index in [1.54, 1.807) is 18.2 Å². The van der Waals surface area contributed by atoms with Crippen LogP contribution < -0.4 is 10.5 Å². The molecule has 0 atom stereocenters. The van der Waals surface area contributed by atoms with Crippen LogP contribution in [-0.2, 0) is 5.54 Å². The van der Waals surface area contributed by atoms with Gasteiger partial charge in [-0.15, -0.1) is 0 Å². The van der Waals surface area contributed by atoms with Crippen LogP contribution >= 0.6 is 11.6 Å². The second-order valence-electron chi connectivity index (χ2n) is 6.12. The third-order valence-electron chi connectivity index (χ3n) is 4.43. The number of aromatic hydroxyl groups is 1. The van der Waals surface area contributed by atoms with Gasteiger partial charge in [-0.1, -0.05) is 11.6 Å². The summed E-state index contributed by atoms with van der Waals surface area (Å²) in [7, 11) is 0. The number of rotatable bonds is 4. The van der Waals surface area contributed by atoms with E-state index in [0.29, 0.717) is 35.3 Å². The van der Waals surface area contributed by atoms with Crippen molar-refractivity contribution in [3.8, 4) is 17.2 Å². The minimum atomic E-state index is -2.47. The molecule has 4 rings (SSSR count). The highest BCUT2D eigenvalue weighted by atomic mass is 35.5. The predicted octanol–water partition coefficient (Wildman–Crippen LogP) is 4.52. The number of halogens is 3. The lowest BCUT2D eigenvalue weighted by molar-refractivity contribution is 0.0691. The van der Waals surface area contributed by atoms with Crippen LogP contribution in [0.4, 0.5) is 14.5 Å². The highest BCUT2D eigenvalue weighted by Gasteiger charge is 2.53. The minimum Gasteiger partial charge on any atom is -0.504 e. The molecule has 1 heterocycles. The van der Waals surface area contributed by atoms with Crippen molar-refractivity contribution in [2.24, 2.45) is 0 Å². The van der Waals surface area contributed by atoms with Gasteiger partial charge in [-0.25, -0.2) is 13.8 Å². The lowest BCUT2D eigenvalue weighted by Gasteiger charge is -2.17. The summed E-state index contributed by atoms with van der Waals surface area (Å²) in [6.07, 6.45) is -0.219. The fourth-order valence-electron chi connectivity index (χ4n) is 2.92. The van der Waals surface area contributed by atoms with Crippen molar-refractivity contribution in [1.82, 2.24) is 9.55 Å². The van der Waals surface area contributed by atoms with Crippen LogP contribution in [0.1, 0.15) is 12.8 Å². The Kier molecular flexibility index (Phi) is 3.50. The average molecular weight is 366 g/mol. The number of ether oxygens (including phenoxy) is 1. The molecule has 1 aliphatic rings. The molecule has 1 aliphatic carbocycles. The maximum atomic E-state index is 13.4. The summed E-state index contributed by atoms with van der Waals surface area (Å²) >= 11 is 6.06. The van der Waals surface area contributed by atoms with Gasteiger partial charge in [0.25, 0.3) is 6.43 Å². The van der Waals surface area contributed by atoms with Gasteiger partial charge in [-0.05, 0) is 31.0 Å². The second kappa shape index (κ2) is 5.49. The number of nitrogens with zero attached hydrogens (tertiary/aromatic N) is 2. The van der Waals surface area contributed by atoms with Crippen molar-refractivity contribution < 1.29 is 18.6 Å². The Morgan fingerprint density at radius 1 is 1.28 bits per heavy atom. The van der Waals surface area contributed by atoms with Gasteiger partial charge in [0.2, 0.25) is 0 Å². The summed E-state index contributed by atoms with van der Waals surface area (Å²) in [6, 6.07) is 7.69. The number of imidazole rings is 1. The van der Waals surface area contributed by atoms with Crippen molar-refractivity contribution in [1.29, 1.82) is 0 Å². The van der Waals surface area contributed by atoms with Gasteiger partial charge in [-0.3, -0.25) is 0 Å². The topological polar surface area (TPSA) is 73.3 Å². The number of nitrogen functional groups attached to an aromatic ring is 1. The normalized spacial score (nSPS) is 15.7. The van der Waals surface area contributed by atoms with Crippen LogP contribution in [0.2, 0.25) is 5.02 Å². The average Bonchev–Trinajstić information content (AvgIpc) is 3.25. The maximum absolute atomic E-state index is 13.4. The lowest BCUT2D eigenvalue weighted by atomic mass is 10.2. The van der Waals surface area contributed by atoms with Crippen LogP contribution in [0.3, 0.4) is 0 Å². The number of phenols is 1. The summed E-state index contributed by atoms with van der Waals surface area (Å²) in [5.74, 6) is 0.197. The van der Waals surface area contributed by atoms with Crippen LogP contribution in [0.15, 0.2) is 36.7 Å². The zero-order valence-electron chi connectivity index (χ0n) is 12.9. The molecule has 0 aliphatic heterocycles. The molecular weight excluding hydrogens is 352 g/mol. The van der Waals surface area contributed by atoms with Gasteiger partial charge in [0.15, 0.2) is 11.5 Å². The van der Waals surface area contributed by atoms with Crippen LogP contribution in [0.5, 0.6) is 17.2 Å². The summed E-state index contributed by atoms with van der Waals surface area (Å²) in [5.41, 5.74) is 5.85. The van der Waals surface area contributed by atoms with E-state index < -0.39 is 12.0 Å². The van der Waals surface area contributed by atoms with Crippen molar-refractivity contribution in [2.75, 3.05) is 5.73 Å². The van der Waals surface area contributed by atoms with E-state index in [2.05, 4.69) is 4.98 Å². The molecule has 0 saturated heterocycles. The zero-order valence-corrected chi connectivity index (χ0v) is 13.7. The third kappa shape index (κ3) is 2.55. The fourth-order valence-corrected chi connectivity index (χ4v) is 3.18. The van der Waals surface area contributed by atoms with Gasteiger partial charge in [0.1, 0.15) is 11.3 Å². The second-order valence-corrected chi connectivity index (χ2v) is 6.53.